The quantitative estimate of drug-likeness (QED) is 0.780. The summed E-state index contributed by atoms with van der Waals surface area (Å²) in [7, 11) is 1.76. The summed E-state index contributed by atoms with van der Waals surface area (Å²) in [5.41, 5.74) is 0. The minimum absolute atomic E-state index is 0.0379. The van der Waals surface area contributed by atoms with Crippen LogP contribution in [0.15, 0.2) is 0 Å². The summed E-state index contributed by atoms with van der Waals surface area (Å²) in [4.78, 5) is 17.2. The van der Waals surface area contributed by atoms with E-state index in [1.165, 1.54) is 0 Å². The van der Waals surface area contributed by atoms with Crippen molar-refractivity contribution in [1.29, 1.82) is 0 Å². The summed E-state index contributed by atoms with van der Waals surface area (Å²) in [5.74, 6) is 1.00. The zero-order valence-electron chi connectivity index (χ0n) is 13.1. The molecule has 0 bridgehead atoms. The highest BCUT2D eigenvalue weighted by molar-refractivity contribution is 5.82. The molecular formula is C16H28N2O3. The van der Waals surface area contributed by atoms with E-state index in [-0.39, 0.29) is 12.1 Å². The standard InChI is InChI=1S/C16H28N2O3/c1-20-14-10-15(16(19)17-6-2-3-7-17)18(12-14)11-13-4-8-21-9-5-13/h13-15H,2-12H2,1H3/t14-,15-/m0/s1. The molecule has 0 aliphatic carbocycles. The van der Waals surface area contributed by atoms with Crippen LogP contribution >= 0.6 is 0 Å². The molecule has 5 nitrogen and oxygen atoms in total. The number of methoxy groups -OCH3 is 1. The van der Waals surface area contributed by atoms with E-state index in [9.17, 15) is 4.79 Å². The summed E-state index contributed by atoms with van der Waals surface area (Å²) < 4.78 is 11.0. The Labute approximate surface area is 127 Å². The summed E-state index contributed by atoms with van der Waals surface area (Å²) in [5, 5.41) is 0. The third-order valence-corrected chi connectivity index (χ3v) is 5.23. The van der Waals surface area contributed by atoms with Gasteiger partial charge in [-0.05, 0) is 38.0 Å². The van der Waals surface area contributed by atoms with Gasteiger partial charge in [-0.15, -0.1) is 0 Å². The molecule has 0 radical (unpaired) electrons. The van der Waals surface area contributed by atoms with Gasteiger partial charge in [0.15, 0.2) is 0 Å². The first-order valence-electron chi connectivity index (χ1n) is 8.41. The van der Waals surface area contributed by atoms with E-state index >= 15 is 0 Å². The SMILES string of the molecule is CO[C@H]1C[C@@H](C(=O)N2CCCC2)N(CC2CCOCC2)C1. The Morgan fingerprint density at radius 3 is 2.62 bits per heavy atom. The maximum absolute atomic E-state index is 12.8. The van der Waals surface area contributed by atoms with Crippen molar-refractivity contribution in [2.45, 2.75) is 44.2 Å². The lowest BCUT2D eigenvalue weighted by atomic mass is 9.99. The minimum atomic E-state index is 0.0379. The maximum atomic E-state index is 12.8. The van der Waals surface area contributed by atoms with Crippen LogP contribution in [0.4, 0.5) is 0 Å². The van der Waals surface area contributed by atoms with Crippen LogP contribution in [-0.2, 0) is 14.3 Å². The van der Waals surface area contributed by atoms with E-state index in [0.29, 0.717) is 11.8 Å². The van der Waals surface area contributed by atoms with Gasteiger partial charge >= 0.3 is 0 Å². The molecule has 3 rings (SSSR count). The second kappa shape index (κ2) is 7.07. The Morgan fingerprint density at radius 1 is 1.24 bits per heavy atom. The highest BCUT2D eigenvalue weighted by Gasteiger charge is 2.40. The second-order valence-electron chi connectivity index (χ2n) is 6.65. The number of hydrogen-bond donors (Lipinski definition) is 0. The Kier molecular flexibility index (Phi) is 5.14. The van der Waals surface area contributed by atoms with Gasteiger partial charge in [-0.1, -0.05) is 0 Å². The minimum Gasteiger partial charge on any atom is -0.381 e. The molecule has 0 aromatic rings. The number of amides is 1. The lowest BCUT2D eigenvalue weighted by Gasteiger charge is -2.31. The van der Waals surface area contributed by atoms with Crippen LogP contribution in [0.5, 0.6) is 0 Å². The van der Waals surface area contributed by atoms with E-state index in [4.69, 9.17) is 9.47 Å². The molecular weight excluding hydrogens is 268 g/mol. The normalized spacial score (nSPS) is 32.0. The van der Waals surface area contributed by atoms with E-state index in [2.05, 4.69) is 9.80 Å². The average Bonchev–Trinajstić information content (AvgIpc) is 3.17. The monoisotopic (exact) mass is 296 g/mol. The first-order valence-corrected chi connectivity index (χ1v) is 8.41. The fraction of sp³-hybridized carbons (Fsp3) is 0.938. The largest absolute Gasteiger partial charge is 0.381 e. The molecule has 0 aromatic heterocycles. The number of ether oxygens (including phenoxy) is 2. The first kappa shape index (κ1) is 15.3. The molecule has 3 aliphatic rings. The number of likely N-dealkylation sites (tertiary alicyclic amines) is 2. The van der Waals surface area contributed by atoms with Gasteiger partial charge in [0, 0.05) is 46.5 Å². The zero-order chi connectivity index (χ0) is 14.7. The van der Waals surface area contributed by atoms with Gasteiger partial charge < -0.3 is 14.4 Å². The summed E-state index contributed by atoms with van der Waals surface area (Å²) >= 11 is 0. The van der Waals surface area contributed by atoms with Crippen LogP contribution in [0.2, 0.25) is 0 Å². The molecule has 1 amide bonds. The zero-order valence-corrected chi connectivity index (χ0v) is 13.1. The second-order valence-corrected chi connectivity index (χ2v) is 6.65. The van der Waals surface area contributed by atoms with Crippen LogP contribution in [0, 0.1) is 5.92 Å². The Hall–Kier alpha value is -0.650. The van der Waals surface area contributed by atoms with Crippen molar-refractivity contribution >= 4 is 5.91 Å². The summed E-state index contributed by atoms with van der Waals surface area (Å²) in [6.45, 7) is 5.55. The number of carbonyl (C=O) groups is 1. The number of nitrogens with zero attached hydrogens (tertiary/aromatic N) is 2. The predicted octanol–water partition coefficient (Wildman–Crippen LogP) is 1.12. The predicted molar refractivity (Wildman–Crippen MR) is 80.1 cm³/mol. The van der Waals surface area contributed by atoms with E-state index in [1.54, 1.807) is 7.11 Å². The highest BCUT2D eigenvalue weighted by Crippen LogP contribution is 2.26. The Bertz CT molecular complexity index is 351. The summed E-state index contributed by atoms with van der Waals surface area (Å²) in [6, 6.07) is 0.0379. The molecule has 21 heavy (non-hydrogen) atoms. The molecule has 0 saturated carbocycles. The number of carbonyl (C=O) groups excluding carboxylic acids is 1. The van der Waals surface area contributed by atoms with Crippen molar-refractivity contribution in [3.05, 3.63) is 0 Å². The molecule has 0 unspecified atom stereocenters. The Balaban J connectivity index is 1.62. The lowest BCUT2D eigenvalue weighted by Crippen LogP contribution is -2.46. The molecule has 3 heterocycles. The molecule has 5 heteroatoms. The first-order chi connectivity index (χ1) is 10.3. The fourth-order valence-corrected chi connectivity index (χ4v) is 3.90. The van der Waals surface area contributed by atoms with Gasteiger partial charge in [0.1, 0.15) is 0 Å². The van der Waals surface area contributed by atoms with Crippen LogP contribution in [0.3, 0.4) is 0 Å². The third kappa shape index (κ3) is 3.58. The van der Waals surface area contributed by atoms with Gasteiger partial charge in [-0.2, -0.15) is 0 Å². The van der Waals surface area contributed by atoms with Crippen molar-refractivity contribution in [1.82, 2.24) is 9.80 Å². The van der Waals surface area contributed by atoms with Gasteiger partial charge in [-0.3, -0.25) is 9.69 Å². The lowest BCUT2D eigenvalue weighted by molar-refractivity contribution is -0.135. The molecule has 2 atom stereocenters. The van der Waals surface area contributed by atoms with Crippen LogP contribution in [-0.4, -0.2) is 74.4 Å². The van der Waals surface area contributed by atoms with E-state index in [1.807, 2.05) is 0 Å². The summed E-state index contributed by atoms with van der Waals surface area (Å²) in [6.07, 6.45) is 5.63. The van der Waals surface area contributed by atoms with Crippen molar-refractivity contribution < 1.29 is 14.3 Å². The highest BCUT2D eigenvalue weighted by atomic mass is 16.5. The van der Waals surface area contributed by atoms with Crippen molar-refractivity contribution in [3.63, 3.8) is 0 Å². The van der Waals surface area contributed by atoms with Crippen molar-refractivity contribution in [3.8, 4) is 0 Å². The maximum Gasteiger partial charge on any atom is 0.240 e. The van der Waals surface area contributed by atoms with Crippen molar-refractivity contribution in [2.75, 3.05) is 46.5 Å². The van der Waals surface area contributed by atoms with Gasteiger partial charge in [0.05, 0.1) is 12.1 Å². The molecule has 0 aromatic carbocycles. The van der Waals surface area contributed by atoms with E-state index < -0.39 is 0 Å². The molecule has 120 valence electrons. The topological polar surface area (TPSA) is 42.0 Å². The fourth-order valence-electron chi connectivity index (χ4n) is 3.90. The van der Waals surface area contributed by atoms with Crippen molar-refractivity contribution in [2.24, 2.45) is 5.92 Å². The van der Waals surface area contributed by atoms with Crippen LogP contribution in [0.25, 0.3) is 0 Å². The smallest absolute Gasteiger partial charge is 0.240 e. The van der Waals surface area contributed by atoms with E-state index in [0.717, 1.165) is 71.5 Å². The van der Waals surface area contributed by atoms with Gasteiger partial charge in [0.2, 0.25) is 5.91 Å². The number of rotatable bonds is 4. The van der Waals surface area contributed by atoms with Gasteiger partial charge in [-0.25, -0.2) is 0 Å². The van der Waals surface area contributed by atoms with Crippen LogP contribution < -0.4 is 0 Å². The Morgan fingerprint density at radius 2 is 1.95 bits per heavy atom. The molecule has 0 N–H and O–H groups in total. The molecule has 3 aliphatic heterocycles. The molecule has 3 saturated heterocycles. The molecule has 0 spiro atoms. The average molecular weight is 296 g/mol. The third-order valence-electron chi connectivity index (χ3n) is 5.23. The van der Waals surface area contributed by atoms with Gasteiger partial charge in [0.25, 0.3) is 0 Å². The van der Waals surface area contributed by atoms with Crippen LogP contribution in [0.1, 0.15) is 32.1 Å². The molecule has 3 fully saturated rings. The number of hydrogen-bond acceptors (Lipinski definition) is 4.